The lowest BCUT2D eigenvalue weighted by atomic mass is 9.68. The molecule has 13 heteroatoms. The number of hydrogen-bond donors (Lipinski definition) is 1. The molecule has 5 aliphatic rings. The van der Waals surface area contributed by atoms with Gasteiger partial charge >= 0.3 is 6.03 Å². The number of aryl methyl sites for hydroxylation is 1. The number of halogens is 3. The molecule has 3 heterocycles. The Morgan fingerprint density at radius 3 is 2.76 bits per heavy atom. The quantitative estimate of drug-likeness (QED) is 0.331. The van der Waals surface area contributed by atoms with Crippen molar-refractivity contribution in [1.29, 1.82) is 0 Å². The Balaban J connectivity index is 1.25. The predicted octanol–water partition coefficient (Wildman–Crippen LogP) is 7.27. The van der Waals surface area contributed by atoms with Crippen LogP contribution in [-0.2, 0) is 26.5 Å². The van der Waals surface area contributed by atoms with Crippen LogP contribution in [0.1, 0.15) is 66.9 Å². The summed E-state index contributed by atoms with van der Waals surface area (Å²) in [5.74, 6) is 0.0690. The van der Waals surface area contributed by atoms with Crippen molar-refractivity contribution < 1.29 is 32.1 Å². The number of allylic oxidation sites excluding steroid dienone is 1. The molecule has 2 aromatic rings. The summed E-state index contributed by atoms with van der Waals surface area (Å²) in [6.07, 6.45) is 6.85. The van der Waals surface area contributed by atoms with Crippen LogP contribution in [0, 0.1) is 23.7 Å². The molecule has 2 bridgehead atoms. The Hall–Kier alpha value is -3.22. The summed E-state index contributed by atoms with van der Waals surface area (Å²) in [5, 5.41) is 0.722. The lowest BCUT2D eigenvalue weighted by Gasteiger charge is -2.46. The van der Waals surface area contributed by atoms with Crippen molar-refractivity contribution in [2.24, 2.45) is 28.0 Å². The number of hydrogen-bond acceptors (Lipinski definition) is 6. The molecule has 0 aromatic heterocycles. The van der Waals surface area contributed by atoms with Gasteiger partial charge in [0.2, 0.25) is 6.43 Å². The molecule has 7 rings (SSSR count). The van der Waals surface area contributed by atoms with Crippen molar-refractivity contribution in [3.05, 3.63) is 70.3 Å². The maximum Gasteiger partial charge on any atom is 0.329 e. The third kappa shape index (κ3) is 7.64. The van der Waals surface area contributed by atoms with Crippen molar-refractivity contribution in [1.82, 2.24) is 9.62 Å². The van der Waals surface area contributed by atoms with Crippen LogP contribution in [-0.4, -0.2) is 79.2 Å². The van der Waals surface area contributed by atoms with E-state index in [1.165, 1.54) is 16.0 Å². The molecule has 6 atom stereocenters. The normalized spacial score (nSPS) is 31.7. The number of anilines is 1. The molecule has 0 unspecified atom stereocenters. The van der Waals surface area contributed by atoms with Gasteiger partial charge in [0.05, 0.1) is 24.2 Å². The number of methoxy groups -OCH3 is 1. The third-order valence-corrected chi connectivity index (χ3v) is 13.7. The molecule has 3 aliphatic heterocycles. The highest BCUT2D eigenvalue weighted by Gasteiger charge is 2.44. The van der Waals surface area contributed by atoms with Gasteiger partial charge in [-0.05, 0) is 104 Å². The molecular formula is C38H47ClF2N4O5S. The van der Waals surface area contributed by atoms with Crippen LogP contribution >= 0.6 is 11.6 Å². The fraction of sp³-hybridized carbons (Fsp3) is 0.579. The zero-order chi connectivity index (χ0) is 35.9. The van der Waals surface area contributed by atoms with Crippen LogP contribution in [0.3, 0.4) is 0 Å². The molecule has 3 amide bonds. The Kier molecular flexibility index (Phi) is 10.4. The topological polar surface area (TPSA) is 101 Å². The number of urea groups is 1. The van der Waals surface area contributed by atoms with Gasteiger partial charge in [-0.3, -0.25) is 9.52 Å². The number of rotatable bonds is 4. The van der Waals surface area contributed by atoms with Crippen molar-refractivity contribution in [2.75, 3.05) is 50.5 Å². The molecule has 1 spiro atoms. The van der Waals surface area contributed by atoms with E-state index in [4.69, 9.17) is 21.1 Å². The van der Waals surface area contributed by atoms with E-state index in [0.29, 0.717) is 37.2 Å². The minimum Gasteiger partial charge on any atom is -0.490 e. The van der Waals surface area contributed by atoms with E-state index >= 15 is 0 Å². The minimum absolute atomic E-state index is 0.0566. The van der Waals surface area contributed by atoms with Crippen LogP contribution < -0.4 is 14.4 Å². The van der Waals surface area contributed by atoms with Crippen LogP contribution in [0.15, 0.2) is 52.9 Å². The van der Waals surface area contributed by atoms with E-state index in [0.717, 1.165) is 49.4 Å². The number of carbonyl (C=O) groups is 2. The number of alkyl halides is 2. The zero-order valence-electron chi connectivity index (χ0n) is 29.2. The van der Waals surface area contributed by atoms with Crippen molar-refractivity contribution in [3.63, 3.8) is 0 Å². The highest BCUT2D eigenvalue weighted by molar-refractivity contribution is 7.92. The lowest BCUT2D eigenvalue weighted by Crippen LogP contribution is -2.55. The third-order valence-electron chi connectivity index (χ3n) is 11.5. The van der Waals surface area contributed by atoms with E-state index in [2.05, 4.69) is 32.2 Å². The molecular weight excluding hydrogens is 698 g/mol. The smallest absolute Gasteiger partial charge is 0.329 e. The number of benzene rings is 2. The molecule has 0 radical (unpaired) electrons. The second-order valence-corrected chi connectivity index (χ2v) is 17.7. The van der Waals surface area contributed by atoms with Crippen molar-refractivity contribution in [2.45, 2.75) is 69.8 Å². The first-order valence-electron chi connectivity index (χ1n) is 18.1. The second-order valence-electron chi connectivity index (χ2n) is 15.3. The first kappa shape index (κ1) is 36.2. The van der Waals surface area contributed by atoms with E-state index in [9.17, 15) is 22.6 Å². The monoisotopic (exact) mass is 744 g/mol. The molecule has 1 saturated heterocycles. The summed E-state index contributed by atoms with van der Waals surface area (Å²) in [6.45, 7) is 4.09. The number of likely N-dealkylation sites (tertiary alicyclic amines) is 1. The second kappa shape index (κ2) is 14.7. The molecule has 1 saturated carbocycles. The number of fused-ring (bicyclic) bond motifs is 4. The number of ether oxygens (including phenoxy) is 2. The average Bonchev–Trinajstić information content (AvgIpc) is 3.19. The fourth-order valence-electron chi connectivity index (χ4n) is 8.71. The van der Waals surface area contributed by atoms with Gasteiger partial charge in [0.25, 0.3) is 5.91 Å². The van der Waals surface area contributed by atoms with Crippen LogP contribution in [0.2, 0.25) is 5.02 Å². The van der Waals surface area contributed by atoms with Crippen LogP contribution in [0.25, 0.3) is 0 Å². The standard InChI is InChI=1S/C38H47ClF2N4O5S/c1-24-5-3-7-33(49-2)30-11-8-28(30)20-45-22-38(14-4-6-26-16-29(39)10-12-31(26)38)23-50-34-13-9-27(17-32(34)45)36(46)42-51(48,21-24)43-37(47)44-18-25(19-44)15-35(40)41/h3,7,9-10,12-13,16-17,24-25,28,30,33,35H,4-6,8,11,14-15,18-23H2,1-2H3,(H,42,43,46,47,48)/b7-3+/t24-,28-,30+,33-,38-,51-/m0/s1. The van der Waals surface area contributed by atoms with Gasteiger partial charge in [0.15, 0.2) is 0 Å². The molecule has 2 aromatic carbocycles. The lowest BCUT2D eigenvalue weighted by molar-refractivity contribution is 0.0131. The van der Waals surface area contributed by atoms with Crippen LogP contribution in [0.5, 0.6) is 5.75 Å². The van der Waals surface area contributed by atoms with Gasteiger partial charge in [-0.25, -0.2) is 17.8 Å². The van der Waals surface area contributed by atoms with Gasteiger partial charge in [-0.15, -0.1) is 4.36 Å². The molecule has 2 fully saturated rings. The Morgan fingerprint density at radius 2 is 2.02 bits per heavy atom. The predicted molar refractivity (Wildman–Crippen MR) is 194 cm³/mol. The zero-order valence-corrected chi connectivity index (χ0v) is 30.8. The number of carbonyl (C=O) groups excluding carboxylic acids is 2. The molecule has 9 nitrogen and oxygen atoms in total. The summed E-state index contributed by atoms with van der Waals surface area (Å²) < 4.78 is 59.5. The summed E-state index contributed by atoms with van der Waals surface area (Å²) in [4.78, 5) is 30.8. The summed E-state index contributed by atoms with van der Waals surface area (Å²) >= 11 is 6.44. The first-order valence-corrected chi connectivity index (χ1v) is 20.1. The number of amides is 3. The van der Waals surface area contributed by atoms with Gasteiger partial charge in [0.1, 0.15) is 15.7 Å². The molecule has 276 valence electrons. The van der Waals surface area contributed by atoms with Crippen molar-refractivity contribution in [3.8, 4) is 5.75 Å². The van der Waals surface area contributed by atoms with E-state index in [1.54, 1.807) is 25.3 Å². The van der Waals surface area contributed by atoms with Crippen LogP contribution in [0.4, 0.5) is 19.3 Å². The highest BCUT2D eigenvalue weighted by Crippen LogP contribution is 2.47. The Labute approximate surface area is 304 Å². The van der Waals surface area contributed by atoms with Gasteiger partial charge in [-0.2, -0.15) is 0 Å². The maximum absolute atomic E-state index is 14.4. The minimum atomic E-state index is -3.59. The Morgan fingerprint density at radius 1 is 1.20 bits per heavy atom. The summed E-state index contributed by atoms with van der Waals surface area (Å²) in [6, 6.07) is 10.7. The molecule has 51 heavy (non-hydrogen) atoms. The highest BCUT2D eigenvalue weighted by atomic mass is 35.5. The average molecular weight is 745 g/mol. The largest absolute Gasteiger partial charge is 0.490 e. The summed E-state index contributed by atoms with van der Waals surface area (Å²) in [7, 11) is -1.85. The molecule has 2 aliphatic carbocycles. The summed E-state index contributed by atoms with van der Waals surface area (Å²) in [5.41, 5.74) is 3.24. The van der Waals surface area contributed by atoms with Gasteiger partial charge < -0.3 is 19.3 Å². The van der Waals surface area contributed by atoms with E-state index < -0.39 is 28.3 Å². The fourth-order valence-corrected chi connectivity index (χ4v) is 10.8. The SMILES string of the molecule is CO[C@H]1/C=C/C[C@H](C)C[S@@](=O)(NC(=O)N2CC(CC(F)F)C2)=NC(=O)c2ccc3c(c2)N(C[C@@H]2CC[C@H]21)C[C@@]1(CCCc2cc(Cl)ccc21)CO3. The van der Waals surface area contributed by atoms with E-state index in [1.807, 2.05) is 19.1 Å². The van der Waals surface area contributed by atoms with Gasteiger partial charge in [0, 0.05) is 55.7 Å². The number of nitrogens with one attached hydrogen (secondary N) is 1. The van der Waals surface area contributed by atoms with Gasteiger partial charge in [-0.1, -0.05) is 36.7 Å². The van der Waals surface area contributed by atoms with E-state index in [-0.39, 0.29) is 54.2 Å². The Bertz CT molecular complexity index is 1810. The van der Waals surface area contributed by atoms with Crippen molar-refractivity contribution >= 4 is 39.1 Å². The molecule has 1 N–H and O–H groups in total. The number of nitrogens with zero attached hydrogens (tertiary/aromatic N) is 3. The maximum atomic E-state index is 14.4. The first-order chi connectivity index (χ1) is 24.4.